The molecule has 7 rings (SSSR count). The molecular weight excluding hydrogens is 554 g/mol. The Balaban J connectivity index is 0.000000232. The van der Waals surface area contributed by atoms with E-state index in [9.17, 15) is 13.6 Å². The summed E-state index contributed by atoms with van der Waals surface area (Å²) in [6, 6.07) is 16.9. The maximum absolute atomic E-state index is 11.9. The van der Waals surface area contributed by atoms with Gasteiger partial charge in [-0.1, -0.05) is 6.07 Å². The number of aryl methyl sites for hydroxylation is 2. The summed E-state index contributed by atoms with van der Waals surface area (Å²) in [4.78, 5) is 30.4. The minimum Gasteiger partial charge on any atom is -0.383 e. The van der Waals surface area contributed by atoms with Gasteiger partial charge in [-0.2, -0.15) is 0 Å². The van der Waals surface area contributed by atoms with E-state index in [0.717, 1.165) is 85.5 Å². The molecule has 5 aromatic rings. The summed E-state index contributed by atoms with van der Waals surface area (Å²) in [6.45, 7) is 3.13. The molecule has 0 saturated carbocycles. The van der Waals surface area contributed by atoms with Gasteiger partial charge in [0, 0.05) is 31.2 Å². The van der Waals surface area contributed by atoms with E-state index >= 15 is 0 Å². The molecule has 1 aromatic carbocycles. The predicted octanol–water partition coefficient (Wildman–Crippen LogP) is 4.51. The normalized spacial score (nSPS) is 14.4. The second kappa shape index (κ2) is 12.1. The Morgan fingerprint density at radius 2 is 1.77 bits per heavy atom. The average molecular weight is 585 g/mol. The fourth-order valence-electron chi connectivity index (χ4n) is 5.33. The number of imidazole rings is 1. The highest BCUT2D eigenvalue weighted by Crippen LogP contribution is 2.33. The van der Waals surface area contributed by atoms with Crippen LogP contribution in [0, 0.1) is 0 Å². The third-order valence-corrected chi connectivity index (χ3v) is 7.54. The number of nitrogens with two attached hydrogens (primary N) is 2. The van der Waals surface area contributed by atoms with Gasteiger partial charge >= 0.3 is 0 Å². The van der Waals surface area contributed by atoms with Crippen molar-refractivity contribution in [2.75, 3.05) is 36.9 Å². The van der Waals surface area contributed by atoms with Crippen LogP contribution in [0.3, 0.4) is 0 Å². The average Bonchev–Trinajstić information content (AvgIpc) is 3.66. The molecule has 0 atom stereocenters. The van der Waals surface area contributed by atoms with Gasteiger partial charge in [-0.15, -0.1) is 0 Å². The fourth-order valence-corrected chi connectivity index (χ4v) is 5.33. The van der Waals surface area contributed by atoms with Gasteiger partial charge in [-0.25, -0.2) is 23.7 Å². The lowest BCUT2D eigenvalue weighted by atomic mass is 10.1. The van der Waals surface area contributed by atoms with E-state index in [4.69, 9.17) is 26.2 Å². The number of pyridine rings is 3. The number of anilines is 2. The zero-order valence-electron chi connectivity index (χ0n) is 23.3. The van der Waals surface area contributed by atoms with Crippen LogP contribution >= 0.6 is 0 Å². The SMILES string of the molecule is NC(=O)c1ccc(C(F)F)nc1.Nc1ncccc1-c1nc2ccc(N3CCOCC3)nc2n1-c1ccc2c(c1)CCC2. The number of primary amides is 1. The van der Waals surface area contributed by atoms with E-state index in [1.54, 1.807) is 6.20 Å². The zero-order chi connectivity index (χ0) is 29.9. The Kier molecular flexibility index (Phi) is 7.93. The van der Waals surface area contributed by atoms with Crippen molar-refractivity contribution in [3.8, 4) is 17.1 Å². The van der Waals surface area contributed by atoms with Crippen LogP contribution in [-0.4, -0.2) is 56.7 Å². The summed E-state index contributed by atoms with van der Waals surface area (Å²) in [5.74, 6) is 1.51. The molecule has 2 aliphatic rings. The Morgan fingerprint density at radius 1 is 0.953 bits per heavy atom. The van der Waals surface area contributed by atoms with E-state index in [0.29, 0.717) is 5.82 Å². The Hall–Kier alpha value is -4.97. The molecule has 10 nitrogen and oxygen atoms in total. The summed E-state index contributed by atoms with van der Waals surface area (Å²) in [5, 5.41) is 0. The number of carbonyl (C=O) groups excluding carboxylic acids is 1. The molecule has 1 aliphatic carbocycles. The molecule has 12 heteroatoms. The lowest BCUT2D eigenvalue weighted by molar-refractivity contribution is 0.0999. The molecule has 220 valence electrons. The Bertz CT molecular complexity index is 1770. The summed E-state index contributed by atoms with van der Waals surface area (Å²) >= 11 is 0. The Labute approximate surface area is 246 Å². The van der Waals surface area contributed by atoms with Crippen molar-refractivity contribution in [3.63, 3.8) is 0 Å². The summed E-state index contributed by atoms with van der Waals surface area (Å²) < 4.78 is 31.5. The predicted molar refractivity (Wildman–Crippen MR) is 159 cm³/mol. The van der Waals surface area contributed by atoms with Gasteiger partial charge in [0.25, 0.3) is 6.43 Å². The van der Waals surface area contributed by atoms with Crippen LogP contribution in [-0.2, 0) is 17.6 Å². The van der Waals surface area contributed by atoms with Gasteiger partial charge < -0.3 is 21.1 Å². The molecule has 1 aliphatic heterocycles. The van der Waals surface area contributed by atoms with Gasteiger partial charge in [0.15, 0.2) is 11.5 Å². The van der Waals surface area contributed by atoms with E-state index in [2.05, 4.69) is 37.6 Å². The molecule has 1 fully saturated rings. The molecule has 4 aromatic heterocycles. The molecule has 43 heavy (non-hydrogen) atoms. The first-order chi connectivity index (χ1) is 20.9. The maximum Gasteiger partial charge on any atom is 0.280 e. The van der Waals surface area contributed by atoms with E-state index in [1.807, 2.05) is 24.3 Å². The van der Waals surface area contributed by atoms with Gasteiger partial charge in [0.1, 0.15) is 22.8 Å². The van der Waals surface area contributed by atoms with Crippen molar-refractivity contribution in [1.82, 2.24) is 24.5 Å². The number of rotatable bonds is 5. The number of hydrogen-bond donors (Lipinski definition) is 2. The molecule has 5 heterocycles. The highest BCUT2D eigenvalue weighted by molar-refractivity contribution is 5.92. The molecule has 0 spiro atoms. The number of fused-ring (bicyclic) bond motifs is 2. The molecular formula is C31H30F2N8O2. The number of amides is 1. The second-order valence-corrected chi connectivity index (χ2v) is 10.3. The molecule has 0 unspecified atom stereocenters. The number of halogens is 2. The van der Waals surface area contributed by atoms with Crippen LogP contribution in [0.1, 0.15) is 40.0 Å². The number of morpholine rings is 1. The summed E-state index contributed by atoms with van der Waals surface area (Å²) in [7, 11) is 0. The number of ether oxygens (including phenoxy) is 1. The van der Waals surface area contributed by atoms with E-state index in [-0.39, 0.29) is 11.3 Å². The highest BCUT2D eigenvalue weighted by Gasteiger charge is 2.21. The smallest absolute Gasteiger partial charge is 0.280 e. The van der Waals surface area contributed by atoms with Crippen molar-refractivity contribution in [2.24, 2.45) is 5.73 Å². The van der Waals surface area contributed by atoms with Crippen molar-refractivity contribution in [3.05, 3.63) is 89.4 Å². The number of hydrogen-bond acceptors (Lipinski definition) is 8. The lowest BCUT2D eigenvalue weighted by Gasteiger charge is -2.27. The largest absolute Gasteiger partial charge is 0.383 e. The van der Waals surface area contributed by atoms with Crippen LogP contribution in [0.2, 0.25) is 0 Å². The first-order valence-corrected chi connectivity index (χ1v) is 14.0. The second-order valence-electron chi connectivity index (χ2n) is 10.3. The molecule has 0 bridgehead atoms. The number of nitrogens with zero attached hydrogens (tertiary/aromatic N) is 6. The van der Waals surface area contributed by atoms with Crippen LogP contribution in [0.4, 0.5) is 20.4 Å². The van der Waals surface area contributed by atoms with Crippen LogP contribution in [0.25, 0.3) is 28.2 Å². The zero-order valence-corrected chi connectivity index (χ0v) is 23.3. The van der Waals surface area contributed by atoms with Gasteiger partial charge in [0.2, 0.25) is 5.91 Å². The van der Waals surface area contributed by atoms with E-state index in [1.165, 1.54) is 23.6 Å². The highest BCUT2D eigenvalue weighted by atomic mass is 19.3. The third-order valence-electron chi connectivity index (χ3n) is 7.54. The van der Waals surface area contributed by atoms with Crippen LogP contribution in [0.15, 0.2) is 67.0 Å². The van der Waals surface area contributed by atoms with E-state index < -0.39 is 12.3 Å². The van der Waals surface area contributed by atoms with Crippen LogP contribution in [0.5, 0.6) is 0 Å². The minimum absolute atomic E-state index is 0.124. The lowest BCUT2D eigenvalue weighted by Crippen LogP contribution is -2.36. The summed E-state index contributed by atoms with van der Waals surface area (Å²) in [5.41, 5.74) is 17.3. The number of benzene rings is 1. The van der Waals surface area contributed by atoms with Crippen molar-refractivity contribution in [1.29, 1.82) is 0 Å². The van der Waals surface area contributed by atoms with Crippen LogP contribution < -0.4 is 16.4 Å². The minimum atomic E-state index is -2.62. The topological polar surface area (TPSA) is 138 Å². The maximum atomic E-state index is 11.9. The molecule has 0 radical (unpaired) electrons. The quantitative estimate of drug-likeness (QED) is 0.308. The number of carbonyl (C=O) groups is 1. The number of alkyl halides is 2. The number of aromatic nitrogens is 5. The van der Waals surface area contributed by atoms with Crippen molar-refractivity contribution >= 4 is 28.7 Å². The first kappa shape index (κ1) is 28.2. The van der Waals surface area contributed by atoms with Crippen molar-refractivity contribution in [2.45, 2.75) is 25.7 Å². The molecule has 1 amide bonds. The molecule has 4 N–H and O–H groups in total. The standard InChI is InChI=1S/C24H24N6O.C7H6F2N2O/c25-22-19(5-2-10-26-22)23-27-20-8-9-21(29-11-13-31-14-12-29)28-24(20)30(23)18-7-6-16-3-1-4-17(16)15-18;8-6(9)5-2-1-4(3-11-5)7(10)12/h2,5-10,15H,1,3-4,11-14H2,(H2,25,26);1-3,6H,(H2,10,12). The van der Waals surface area contributed by atoms with Gasteiger partial charge in [-0.3, -0.25) is 14.3 Å². The van der Waals surface area contributed by atoms with Gasteiger partial charge in [-0.05, 0) is 78.9 Å². The molecule has 1 saturated heterocycles. The fraction of sp³-hybridized carbons (Fsp3) is 0.258. The first-order valence-electron chi connectivity index (χ1n) is 14.0. The Morgan fingerprint density at radius 3 is 2.49 bits per heavy atom. The summed E-state index contributed by atoms with van der Waals surface area (Å²) in [6.07, 6.45) is 3.60. The third kappa shape index (κ3) is 5.86. The van der Waals surface area contributed by atoms with Crippen molar-refractivity contribution < 1.29 is 18.3 Å². The monoisotopic (exact) mass is 584 g/mol. The van der Waals surface area contributed by atoms with Gasteiger partial charge in [0.05, 0.1) is 24.3 Å². The number of nitrogen functional groups attached to an aromatic ring is 1.